The van der Waals surface area contributed by atoms with E-state index in [1.807, 2.05) is 24.3 Å². The summed E-state index contributed by atoms with van der Waals surface area (Å²) in [7, 11) is 1.65. The van der Waals surface area contributed by atoms with Gasteiger partial charge in [0, 0.05) is 22.4 Å². The molecule has 2 rings (SSSR count). The zero-order valence-corrected chi connectivity index (χ0v) is 12.0. The quantitative estimate of drug-likeness (QED) is 0.917. The summed E-state index contributed by atoms with van der Waals surface area (Å²) in [5, 5.41) is 2.64. The van der Waals surface area contributed by atoms with Crippen LogP contribution in [-0.4, -0.2) is 13.0 Å². The second-order valence-corrected chi connectivity index (χ2v) is 5.36. The van der Waals surface area contributed by atoms with Crippen molar-refractivity contribution >= 4 is 17.7 Å². The Morgan fingerprint density at radius 1 is 1.11 bits per heavy atom. The van der Waals surface area contributed by atoms with Crippen LogP contribution in [0.15, 0.2) is 58.3 Å². The highest BCUT2D eigenvalue weighted by Gasteiger charge is 2.05. The summed E-state index contributed by atoms with van der Waals surface area (Å²) >= 11 is 1.68. The summed E-state index contributed by atoms with van der Waals surface area (Å²) in [6.07, 6.45) is 1.03. The zero-order valence-electron chi connectivity index (χ0n) is 11.1. The third-order valence-corrected chi connectivity index (χ3v) is 3.84. The maximum absolute atomic E-state index is 11.6. The van der Waals surface area contributed by atoms with Crippen LogP contribution in [0.2, 0.25) is 0 Å². The van der Waals surface area contributed by atoms with E-state index in [2.05, 4.69) is 36.5 Å². The third-order valence-electron chi connectivity index (χ3n) is 2.87. The van der Waals surface area contributed by atoms with Crippen molar-refractivity contribution < 1.29 is 4.79 Å². The summed E-state index contributed by atoms with van der Waals surface area (Å²) in [5.74, 6) is -0.0511. The van der Waals surface area contributed by atoms with Crippen molar-refractivity contribution in [1.29, 1.82) is 0 Å². The summed E-state index contributed by atoms with van der Waals surface area (Å²) < 4.78 is 0. The molecule has 3 heteroatoms. The minimum atomic E-state index is -0.0511. The molecule has 1 amide bonds. The largest absolute Gasteiger partial charge is 0.355 e. The Morgan fingerprint density at radius 3 is 2.47 bits per heavy atom. The molecular formula is C16H17NOS. The predicted octanol–water partition coefficient (Wildman–Crippen LogP) is 3.76. The minimum Gasteiger partial charge on any atom is -0.355 e. The number of aryl methyl sites for hydroxylation is 1. The van der Waals surface area contributed by atoms with Crippen molar-refractivity contribution in [2.45, 2.75) is 23.1 Å². The Hall–Kier alpha value is -1.74. The molecule has 2 aromatic rings. The number of hydrogen-bond acceptors (Lipinski definition) is 2. The molecule has 0 aliphatic carbocycles. The van der Waals surface area contributed by atoms with Crippen molar-refractivity contribution in [1.82, 2.24) is 5.32 Å². The van der Waals surface area contributed by atoms with Gasteiger partial charge < -0.3 is 5.32 Å². The molecule has 19 heavy (non-hydrogen) atoms. The molecule has 2 nitrogen and oxygen atoms in total. The lowest BCUT2D eigenvalue weighted by Gasteiger charge is -2.05. The Balaban J connectivity index is 2.20. The fourth-order valence-electron chi connectivity index (χ4n) is 1.81. The average molecular weight is 271 g/mol. The van der Waals surface area contributed by atoms with Gasteiger partial charge in [0.2, 0.25) is 0 Å². The Morgan fingerprint density at radius 2 is 1.79 bits per heavy atom. The second-order valence-electron chi connectivity index (χ2n) is 4.21. The van der Waals surface area contributed by atoms with E-state index in [0.717, 1.165) is 11.3 Å². The van der Waals surface area contributed by atoms with E-state index in [9.17, 15) is 4.79 Å². The predicted molar refractivity (Wildman–Crippen MR) is 79.8 cm³/mol. The highest BCUT2D eigenvalue weighted by atomic mass is 32.2. The molecule has 0 heterocycles. The van der Waals surface area contributed by atoms with E-state index >= 15 is 0 Å². The molecule has 0 aliphatic rings. The number of benzene rings is 2. The van der Waals surface area contributed by atoms with Crippen molar-refractivity contribution in [3.05, 3.63) is 59.7 Å². The summed E-state index contributed by atoms with van der Waals surface area (Å²) in [6, 6.07) is 16.2. The first-order valence-electron chi connectivity index (χ1n) is 6.32. The normalized spacial score (nSPS) is 10.2. The molecule has 0 aliphatic heterocycles. The molecule has 2 aromatic carbocycles. The monoisotopic (exact) mass is 271 g/mol. The van der Waals surface area contributed by atoms with E-state index in [1.54, 1.807) is 18.8 Å². The zero-order chi connectivity index (χ0) is 13.7. The Kier molecular flexibility index (Phi) is 4.63. The maximum Gasteiger partial charge on any atom is 0.251 e. The molecule has 0 bridgehead atoms. The van der Waals surface area contributed by atoms with Gasteiger partial charge in [-0.3, -0.25) is 4.79 Å². The van der Waals surface area contributed by atoms with E-state index in [-0.39, 0.29) is 5.91 Å². The second kappa shape index (κ2) is 6.43. The molecule has 1 N–H and O–H groups in total. The van der Waals surface area contributed by atoms with Crippen molar-refractivity contribution in [3.8, 4) is 0 Å². The first-order chi connectivity index (χ1) is 9.22. The molecule has 0 unspecified atom stereocenters. The van der Waals surface area contributed by atoms with Crippen LogP contribution in [0.4, 0.5) is 0 Å². The number of nitrogens with one attached hydrogen (secondary N) is 1. The number of carbonyl (C=O) groups is 1. The third kappa shape index (κ3) is 3.61. The van der Waals surface area contributed by atoms with Gasteiger partial charge in [-0.25, -0.2) is 0 Å². The van der Waals surface area contributed by atoms with Crippen LogP contribution in [0.1, 0.15) is 22.8 Å². The van der Waals surface area contributed by atoms with Crippen LogP contribution in [0, 0.1) is 0 Å². The summed E-state index contributed by atoms with van der Waals surface area (Å²) in [4.78, 5) is 13.9. The van der Waals surface area contributed by atoms with Gasteiger partial charge in [0.25, 0.3) is 5.91 Å². The Labute approximate surface area is 118 Å². The molecule has 0 saturated carbocycles. The molecular weight excluding hydrogens is 254 g/mol. The van der Waals surface area contributed by atoms with E-state index in [4.69, 9.17) is 0 Å². The first-order valence-corrected chi connectivity index (χ1v) is 7.13. The lowest BCUT2D eigenvalue weighted by atomic mass is 10.2. The van der Waals surface area contributed by atoms with Gasteiger partial charge in [-0.05, 0) is 42.3 Å². The van der Waals surface area contributed by atoms with Crippen LogP contribution in [0.3, 0.4) is 0 Å². The lowest BCUT2D eigenvalue weighted by molar-refractivity contribution is 0.0963. The molecule has 0 spiro atoms. The van der Waals surface area contributed by atoms with E-state index in [0.29, 0.717) is 5.56 Å². The van der Waals surface area contributed by atoms with Crippen molar-refractivity contribution in [2.24, 2.45) is 0 Å². The van der Waals surface area contributed by atoms with Crippen LogP contribution in [0.5, 0.6) is 0 Å². The van der Waals surface area contributed by atoms with Crippen LogP contribution >= 0.6 is 11.8 Å². The van der Waals surface area contributed by atoms with Gasteiger partial charge in [-0.2, -0.15) is 0 Å². The average Bonchev–Trinajstić information content (AvgIpc) is 2.47. The smallest absolute Gasteiger partial charge is 0.251 e. The van der Waals surface area contributed by atoms with Gasteiger partial charge in [0.05, 0.1) is 0 Å². The van der Waals surface area contributed by atoms with Crippen LogP contribution in [-0.2, 0) is 6.42 Å². The molecule has 0 fully saturated rings. The van der Waals surface area contributed by atoms with Gasteiger partial charge >= 0.3 is 0 Å². The molecule has 0 atom stereocenters. The number of amides is 1. The van der Waals surface area contributed by atoms with Gasteiger partial charge in [0.15, 0.2) is 0 Å². The summed E-state index contributed by atoms with van der Waals surface area (Å²) in [5.41, 5.74) is 2.02. The number of rotatable bonds is 4. The lowest BCUT2D eigenvalue weighted by Crippen LogP contribution is -2.17. The molecule has 0 saturated heterocycles. The number of hydrogen-bond donors (Lipinski definition) is 1. The topological polar surface area (TPSA) is 29.1 Å². The highest BCUT2D eigenvalue weighted by Crippen LogP contribution is 2.28. The molecule has 98 valence electrons. The first kappa shape index (κ1) is 13.7. The summed E-state index contributed by atoms with van der Waals surface area (Å²) in [6.45, 7) is 2.15. The van der Waals surface area contributed by atoms with Gasteiger partial charge in [-0.1, -0.05) is 36.9 Å². The van der Waals surface area contributed by atoms with Crippen molar-refractivity contribution in [3.63, 3.8) is 0 Å². The molecule has 0 aromatic heterocycles. The minimum absolute atomic E-state index is 0.0511. The van der Waals surface area contributed by atoms with Gasteiger partial charge in [0.1, 0.15) is 0 Å². The highest BCUT2D eigenvalue weighted by molar-refractivity contribution is 7.99. The van der Waals surface area contributed by atoms with Gasteiger partial charge in [-0.15, -0.1) is 0 Å². The number of carbonyl (C=O) groups excluding carboxylic acids is 1. The SMILES string of the molecule is CCc1cccc(Sc2cccc(C(=O)NC)c2)c1. The van der Waals surface area contributed by atoms with E-state index in [1.165, 1.54) is 10.5 Å². The fourth-order valence-corrected chi connectivity index (χ4v) is 2.77. The van der Waals surface area contributed by atoms with Crippen LogP contribution < -0.4 is 5.32 Å². The van der Waals surface area contributed by atoms with Crippen molar-refractivity contribution in [2.75, 3.05) is 7.05 Å². The standard InChI is InChI=1S/C16H17NOS/c1-3-12-6-4-8-14(10-12)19-15-9-5-7-13(11-15)16(18)17-2/h4-11H,3H2,1-2H3,(H,17,18). The Bertz CT molecular complexity index is 580. The maximum atomic E-state index is 11.6. The van der Waals surface area contributed by atoms with Crippen LogP contribution in [0.25, 0.3) is 0 Å². The molecule has 0 radical (unpaired) electrons. The van der Waals surface area contributed by atoms with E-state index < -0.39 is 0 Å². The fraction of sp³-hybridized carbons (Fsp3) is 0.188.